The minimum atomic E-state index is -0.0398. The van der Waals surface area contributed by atoms with Gasteiger partial charge < -0.3 is 4.90 Å². The first kappa shape index (κ1) is 35.2. The van der Waals surface area contributed by atoms with E-state index >= 15 is 0 Å². The van der Waals surface area contributed by atoms with E-state index in [1.54, 1.807) is 0 Å². The third-order valence-corrected chi connectivity index (χ3v) is 15.0. The number of anilines is 3. The predicted molar refractivity (Wildman–Crippen MR) is 261 cm³/mol. The van der Waals surface area contributed by atoms with Crippen molar-refractivity contribution >= 4 is 80.1 Å². The Balaban J connectivity index is 0.998. The summed E-state index contributed by atoms with van der Waals surface area (Å²) >= 11 is 3.76. The van der Waals surface area contributed by atoms with Gasteiger partial charge in [-0.3, -0.25) is 0 Å². The number of para-hydroxylation sites is 1. The highest BCUT2D eigenvalue weighted by Gasteiger charge is 2.36. The summed E-state index contributed by atoms with van der Waals surface area (Å²) in [4.78, 5) is 2.44. The number of hydrogen-bond donors (Lipinski definition) is 0. The molecule has 0 amide bonds. The second kappa shape index (κ2) is 13.6. The Kier molecular flexibility index (Phi) is 8.00. The van der Waals surface area contributed by atoms with Crippen LogP contribution in [-0.2, 0) is 5.41 Å². The second-order valence-electron chi connectivity index (χ2n) is 16.4. The zero-order valence-electron chi connectivity index (χ0n) is 33.3. The molecule has 12 rings (SSSR count). The average molecular weight is 802 g/mol. The van der Waals surface area contributed by atoms with Gasteiger partial charge in [-0.2, -0.15) is 0 Å². The van der Waals surface area contributed by atoms with E-state index in [4.69, 9.17) is 0 Å². The van der Waals surface area contributed by atoms with Crippen LogP contribution in [0.15, 0.2) is 200 Å². The van der Waals surface area contributed by atoms with Crippen molar-refractivity contribution in [3.8, 4) is 44.5 Å². The molecule has 0 aliphatic heterocycles. The summed E-state index contributed by atoms with van der Waals surface area (Å²) in [6.07, 6.45) is 0. The van der Waals surface area contributed by atoms with Crippen molar-refractivity contribution in [3.05, 3.63) is 211 Å². The maximum absolute atomic E-state index is 2.44. The van der Waals surface area contributed by atoms with Gasteiger partial charge in [0.1, 0.15) is 0 Å². The van der Waals surface area contributed by atoms with E-state index < -0.39 is 0 Å². The Hall–Kier alpha value is -6.78. The molecule has 0 saturated carbocycles. The van der Waals surface area contributed by atoms with Gasteiger partial charge in [-0.15, -0.1) is 22.7 Å². The van der Waals surface area contributed by atoms with Gasteiger partial charge in [0.25, 0.3) is 0 Å². The molecule has 0 spiro atoms. The van der Waals surface area contributed by atoms with Gasteiger partial charge in [0.05, 0.1) is 5.69 Å². The lowest BCUT2D eigenvalue weighted by molar-refractivity contribution is 0.660. The number of nitrogens with zero attached hydrogens (tertiary/aromatic N) is 1. The highest BCUT2D eigenvalue weighted by atomic mass is 32.1. The normalized spacial score (nSPS) is 13.0. The summed E-state index contributed by atoms with van der Waals surface area (Å²) in [5.41, 5.74) is 16.3. The summed E-state index contributed by atoms with van der Waals surface area (Å²) in [6, 6.07) is 74.2. The van der Waals surface area contributed by atoms with E-state index in [2.05, 4.69) is 219 Å². The Labute approximate surface area is 358 Å². The van der Waals surface area contributed by atoms with Crippen LogP contribution in [0.4, 0.5) is 17.1 Å². The zero-order valence-corrected chi connectivity index (χ0v) is 34.9. The number of hydrogen-bond acceptors (Lipinski definition) is 3. The maximum atomic E-state index is 2.44. The molecule has 0 unspecified atom stereocenters. The molecule has 0 saturated heterocycles. The van der Waals surface area contributed by atoms with Crippen LogP contribution in [0.2, 0.25) is 0 Å². The van der Waals surface area contributed by atoms with Crippen LogP contribution in [0, 0.1) is 0 Å². The molecule has 284 valence electrons. The zero-order chi connectivity index (χ0) is 40.0. The molecule has 9 aromatic carbocycles. The topological polar surface area (TPSA) is 3.24 Å². The van der Waals surface area contributed by atoms with Crippen LogP contribution >= 0.6 is 22.7 Å². The molecule has 0 bridgehead atoms. The lowest BCUT2D eigenvalue weighted by Gasteiger charge is -2.27. The van der Waals surface area contributed by atoms with Crippen molar-refractivity contribution in [1.29, 1.82) is 0 Å². The first-order valence-electron chi connectivity index (χ1n) is 20.7. The number of fused-ring (bicyclic) bond motifs is 9. The van der Waals surface area contributed by atoms with Crippen LogP contribution in [0.3, 0.4) is 0 Å². The molecule has 0 radical (unpaired) electrons. The quantitative estimate of drug-likeness (QED) is 0.162. The molecule has 11 aromatic rings. The van der Waals surface area contributed by atoms with Crippen LogP contribution < -0.4 is 4.90 Å². The molecule has 0 atom stereocenters. The Bertz CT molecular complexity index is 3460. The van der Waals surface area contributed by atoms with Crippen LogP contribution in [-0.4, -0.2) is 0 Å². The third-order valence-electron chi connectivity index (χ3n) is 12.7. The van der Waals surface area contributed by atoms with E-state index in [1.807, 2.05) is 22.7 Å². The molecular weight excluding hydrogens is 763 g/mol. The van der Waals surface area contributed by atoms with Gasteiger partial charge in [0, 0.05) is 57.1 Å². The monoisotopic (exact) mass is 801 g/mol. The number of benzene rings is 9. The SMILES string of the molecule is CC1(C)c2ccccc2-c2c(-c3ccc(N(c4ccccc4)c4ccc(-c5cccc(-c6ccc7sc8ccccc8c7c6)c5)c5sc6ccccc6c45)cc3)cccc21. The van der Waals surface area contributed by atoms with Gasteiger partial charge in [-0.05, 0) is 116 Å². The lowest BCUT2D eigenvalue weighted by Crippen LogP contribution is -2.14. The molecule has 3 heteroatoms. The van der Waals surface area contributed by atoms with Crippen molar-refractivity contribution in [1.82, 2.24) is 0 Å². The Morgan fingerprint density at radius 1 is 0.383 bits per heavy atom. The molecule has 1 aliphatic carbocycles. The maximum Gasteiger partial charge on any atom is 0.0555 e. The molecule has 2 aromatic heterocycles. The predicted octanol–water partition coefficient (Wildman–Crippen LogP) is 17.2. The summed E-state index contributed by atoms with van der Waals surface area (Å²) in [7, 11) is 0. The molecule has 1 nitrogen and oxygen atoms in total. The fraction of sp³-hybridized carbons (Fsp3) is 0.0526. The summed E-state index contributed by atoms with van der Waals surface area (Å²) < 4.78 is 5.25. The van der Waals surface area contributed by atoms with E-state index in [9.17, 15) is 0 Å². The summed E-state index contributed by atoms with van der Waals surface area (Å²) in [5, 5.41) is 5.20. The summed E-state index contributed by atoms with van der Waals surface area (Å²) in [5.74, 6) is 0. The highest BCUT2D eigenvalue weighted by molar-refractivity contribution is 7.26. The minimum Gasteiger partial charge on any atom is -0.310 e. The smallest absolute Gasteiger partial charge is 0.0555 e. The van der Waals surface area contributed by atoms with Crippen molar-refractivity contribution in [2.45, 2.75) is 19.3 Å². The van der Waals surface area contributed by atoms with Crippen LogP contribution in [0.1, 0.15) is 25.0 Å². The van der Waals surface area contributed by atoms with Gasteiger partial charge in [0.15, 0.2) is 0 Å². The van der Waals surface area contributed by atoms with Gasteiger partial charge in [-0.25, -0.2) is 0 Å². The molecule has 1 aliphatic rings. The second-order valence-corrected chi connectivity index (χ2v) is 18.6. The first-order valence-corrected chi connectivity index (χ1v) is 22.3. The third kappa shape index (κ3) is 5.43. The number of rotatable bonds is 6. The standard InChI is InChI=1S/C57H39NS2/c1-57(2)48-22-9-6-19-45(48)54-42(21-13-23-49(54)57)36-26-29-41(30-27-36)58(40-16-4-3-5-17-40)50-32-31-43(56-55(50)46-20-8-11-25-52(46)60-56)39-15-12-14-37(34-39)38-28-33-53-47(35-38)44-18-7-10-24-51(44)59-53/h3-35H,1-2H3. The Morgan fingerprint density at radius 3 is 1.85 bits per heavy atom. The molecule has 2 heterocycles. The fourth-order valence-corrected chi connectivity index (χ4v) is 12.1. The molecule has 0 fully saturated rings. The minimum absolute atomic E-state index is 0.0398. The van der Waals surface area contributed by atoms with E-state index in [-0.39, 0.29) is 5.41 Å². The molecular formula is C57H39NS2. The van der Waals surface area contributed by atoms with Crippen LogP contribution in [0.5, 0.6) is 0 Å². The van der Waals surface area contributed by atoms with Gasteiger partial charge in [0.2, 0.25) is 0 Å². The summed E-state index contributed by atoms with van der Waals surface area (Å²) in [6.45, 7) is 4.71. The Morgan fingerprint density at radius 2 is 1.00 bits per heavy atom. The molecule has 60 heavy (non-hydrogen) atoms. The average Bonchev–Trinajstić information content (AvgIpc) is 3.95. The van der Waals surface area contributed by atoms with Gasteiger partial charge in [-0.1, -0.05) is 153 Å². The van der Waals surface area contributed by atoms with Crippen LogP contribution in [0.25, 0.3) is 84.9 Å². The van der Waals surface area contributed by atoms with Crippen molar-refractivity contribution in [2.75, 3.05) is 4.90 Å². The molecule has 0 N–H and O–H groups in total. The highest BCUT2D eigenvalue weighted by Crippen LogP contribution is 2.53. The number of thiophene rings is 2. The first-order chi connectivity index (χ1) is 29.5. The van der Waals surface area contributed by atoms with E-state index in [0.29, 0.717) is 0 Å². The van der Waals surface area contributed by atoms with E-state index in [1.165, 1.54) is 102 Å². The largest absolute Gasteiger partial charge is 0.310 e. The van der Waals surface area contributed by atoms with Crippen molar-refractivity contribution in [2.24, 2.45) is 0 Å². The van der Waals surface area contributed by atoms with Gasteiger partial charge >= 0.3 is 0 Å². The van der Waals surface area contributed by atoms with Crippen molar-refractivity contribution in [3.63, 3.8) is 0 Å². The van der Waals surface area contributed by atoms with E-state index in [0.717, 1.165) is 11.4 Å². The van der Waals surface area contributed by atoms with Crippen molar-refractivity contribution < 1.29 is 0 Å². The fourth-order valence-electron chi connectivity index (χ4n) is 9.79. The lowest BCUT2D eigenvalue weighted by atomic mass is 9.82.